The van der Waals surface area contributed by atoms with Gasteiger partial charge in [-0.1, -0.05) is 6.07 Å². The monoisotopic (exact) mass is 342 g/mol. The Hall–Kier alpha value is -2.91. The van der Waals surface area contributed by atoms with Gasteiger partial charge in [-0.05, 0) is 6.07 Å². The number of ether oxygens (including phenoxy) is 1. The number of Topliss-reactive ketones (excluding diaryl/α,β-unsaturated/α-hetero) is 1. The number of ketones is 1. The molecule has 128 valence electrons. The molecule has 2 N–H and O–H groups in total. The number of hydrogen-bond acceptors (Lipinski definition) is 5. The first kappa shape index (κ1) is 17.4. The normalized spacial score (nSPS) is 11.3. The summed E-state index contributed by atoms with van der Waals surface area (Å²) in [5.74, 6) is -0.583. The molecule has 2 aromatic heterocycles. The lowest BCUT2D eigenvalue weighted by Crippen LogP contribution is -2.14. The molecule has 0 bridgehead atoms. The largest absolute Gasteiger partial charge is 0.445 e. The maximum absolute atomic E-state index is 12.7. The lowest BCUT2D eigenvalue weighted by molar-refractivity contribution is -0.141. The van der Waals surface area contributed by atoms with Gasteiger partial charge in [-0.2, -0.15) is 18.3 Å². The third kappa shape index (κ3) is 4.31. The van der Waals surface area contributed by atoms with Crippen molar-refractivity contribution < 1.29 is 27.5 Å². The molecule has 24 heavy (non-hydrogen) atoms. The number of aromatic nitrogens is 3. The number of nitrogens with zero attached hydrogens (tertiary/aromatic N) is 3. The van der Waals surface area contributed by atoms with E-state index in [0.29, 0.717) is 11.1 Å². The summed E-state index contributed by atoms with van der Waals surface area (Å²) in [4.78, 5) is 25.5. The number of carbonyl (C=O) groups excluding carboxylic acids is 2. The molecule has 0 spiro atoms. The zero-order chi connectivity index (χ0) is 17.9. The molecule has 1 amide bonds. The first-order chi connectivity index (χ1) is 11.2. The van der Waals surface area contributed by atoms with Gasteiger partial charge in [0.15, 0.2) is 5.78 Å². The number of rotatable bonds is 5. The van der Waals surface area contributed by atoms with Crippen molar-refractivity contribution in [3.8, 4) is 0 Å². The van der Waals surface area contributed by atoms with Crippen molar-refractivity contribution in [3.63, 3.8) is 0 Å². The van der Waals surface area contributed by atoms with Crippen LogP contribution in [0.1, 0.15) is 34.2 Å². The molecular formula is C14H13F3N4O3. The van der Waals surface area contributed by atoms with E-state index in [2.05, 4.69) is 14.8 Å². The lowest BCUT2D eigenvalue weighted by Gasteiger charge is -2.11. The molecule has 0 aromatic carbocycles. The van der Waals surface area contributed by atoms with Crippen molar-refractivity contribution in [2.24, 2.45) is 5.73 Å². The van der Waals surface area contributed by atoms with Crippen LogP contribution in [0.25, 0.3) is 0 Å². The van der Waals surface area contributed by atoms with Crippen LogP contribution in [0, 0.1) is 0 Å². The highest BCUT2D eigenvalue weighted by atomic mass is 19.4. The van der Waals surface area contributed by atoms with E-state index < -0.39 is 23.7 Å². The fourth-order valence-corrected chi connectivity index (χ4v) is 1.97. The molecule has 10 heteroatoms. The van der Waals surface area contributed by atoms with Gasteiger partial charge in [0, 0.05) is 24.2 Å². The third-order valence-electron chi connectivity index (χ3n) is 3.00. The molecule has 2 heterocycles. The van der Waals surface area contributed by atoms with Crippen molar-refractivity contribution in [1.82, 2.24) is 14.8 Å². The van der Waals surface area contributed by atoms with E-state index in [1.54, 1.807) is 0 Å². The number of amides is 1. The van der Waals surface area contributed by atoms with E-state index in [0.717, 1.165) is 13.0 Å². The van der Waals surface area contributed by atoms with Crippen LogP contribution >= 0.6 is 0 Å². The van der Waals surface area contributed by atoms with Gasteiger partial charge >= 0.3 is 12.3 Å². The molecule has 0 unspecified atom stereocenters. The van der Waals surface area contributed by atoms with Gasteiger partial charge in [0.2, 0.25) is 0 Å². The van der Waals surface area contributed by atoms with Crippen LogP contribution in [-0.4, -0.2) is 26.6 Å². The second-order valence-corrected chi connectivity index (χ2v) is 4.91. The molecular weight excluding hydrogens is 329 g/mol. The summed E-state index contributed by atoms with van der Waals surface area (Å²) in [5.41, 5.74) is 4.28. The van der Waals surface area contributed by atoms with Crippen LogP contribution in [0.15, 0.2) is 24.5 Å². The van der Waals surface area contributed by atoms with Gasteiger partial charge in [0.05, 0.1) is 12.7 Å². The fourth-order valence-electron chi connectivity index (χ4n) is 1.97. The smallest absolute Gasteiger partial charge is 0.433 e. The van der Waals surface area contributed by atoms with Crippen LogP contribution in [0.2, 0.25) is 0 Å². The van der Waals surface area contributed by atoms with Gasteiger partial charge in [0.25, 0.3) is 0 Å². The molecule has 0 saturated carbocycles. The van der Waals surface area contributed by atoms with E-state index in [-0.39, 0.29) is 18.8 Å². The summed E-state index contributed by atoms with van der Waals surface area (Å²) in [5, 5.41) is 3.98. The Bertz CT molecular complexity index is 771. The van der Waals surface area contributed by atoms with Gasteiger partial charge in [-0.15, -0.1) is 0 Å². The van der Waals surface area contributed by atoms with Crippen molar-refractivity contribution in [2.75, 3.05) is 0 Å². The van der Waals surface area contributed by atoms with E-state index in [1.165, 1.54) is 23.1 Å². The molecule has 2 aromatic rings. The second-order valence-electron chi connectivity index (χ2n) is 4.91. The van der Waals surface area contributed by atoms with Crippen molar-refractivity contribution in [3.05, 3.63) is 47.0 Å². The van der Waals surface area contributed by atoms with Crippen LogP contribution in [0.4, 0.5) is 18.0 Å². The highest BCUT2D eigenvalue weighted by molar-refractivity contribution is 5.93. The number of carbonyl (C=O) groups is 2. The Kier molecular flexibility index (Phi) is 4.86. The maximum Gasteiger partial charge on any atom is 0.433 e. The molecule has 0 saturated heterocycles. The number of alkyl halides is 3. The number of nitrogens with two attached hydrogens (primary N) is 1. The second kappa shape index (κ2) is 6.69. The van der Waals surface area contributed by atoms with Gasteiger partial charge in [0.1, 0.15) is 18.0 Å². The van der Waals surface area contributed by atoms with Crippen molar-refractivity contribution in [1.29, 1.82) is 0 Å². The summed E-state index contributed by atoms with van der Waals surface area (Å²) in [7, 11) is 0. The quantitative estimate of drug-likeness (QED) is 0.839. The zero-order valence-electron chi connectivity index (χ0n) is 12.5. The average molecular weight is 342 g/mol. The summed E-state index contributed by atoms with van der Waals surface area (Å²) < 4.78 is 44.1. The SMILES string of the molecule is CC(=O)c1nc(C(F)(F)F)ccc1Cn1cc(COC(N)=O)cn1. The zero-order valence-corrected chi connectivity index (χ0v) is 12.5. The highest BCUT2D eigenvalue weighted by Crippen LogP contribution is 2.28. The van der Waals surface area contributed by atoms with Crippen molar-refractivity contribution >= 4 is 11.9 Å². The lowest BCUT2D eigenvalue weighted by atomic mass is 10.1. The van der Waals surface area contributed by atoms with Crippen molar-refractivity contribution in [2.45, 2.75) is 26.3 Å². The van der Waals surface area contributed by atoms with Gasteiger partial charge < -0.3 is 10.5 Å². The number of halogens is 3. The molecule has 0 radical (unpaired) electrons. The molecule has 0 aliphatic heterocycles. The van der Waals surface area contributed by atoms with E-state index >= 15 is 0 Å². The van der Waals surface area contributed by atoms with Crippen LogP contribution in [0.3, 0.4) is 0 Å². The standard InChI is InChI=1S/C14H13F3N4O3/c1-8(22)12-10(2-3-11(20-12)14(15,16)17)6-21-5-9(4-19-21)7-24-13(18)23/h2-5H,6-7H2,1H3,(H2,18,23). The summed E-state index contributed by atoms with van der Waals surface area (Å²) >= 11 is 0. The molecule has 7 nitrogen and oxygen atoms in total. The maximum atomic E-state index is 12.7. The van der Waals surface area contributed by atoms with E-state index in [1.807, 2.05) is 0 Å². The highest BCUT2D eigenvalue weighted by Gasteiger charge is 2.33. The molecule has 2 rings (SSSR count). The summed E-state index contributed by atoms with van der Waals surface area (Å²) in [6, 6.07) is 2.00. The molecule has 0 atom stereocenters. The Labute approximate surface area is 134 Å². The first-order valence-electron chi connectivity index (χ1n) is 6.68. The predicted molar refractivity (Wildman–Crippen MR) is 74.9 cm³/mol. The molecule has 0 aliphatic carbocycles. The molecule has 0 aliphatic rings. The summed E-state index contributed by atoms with van der Waals surface area (Å²) in [6.07, 6.45) is -2.64. The van der Waals surface area contributed by atoms with Gasteiger partial charge in [-0.3, -0.25) is 9.48 Å². The first-order valence-corrected chi connectivity index (χ1v) is 6.68. The number of hydrogen-bond donors (Lipinski definition) is 1. The van der Waals surface area contributed by atoms with E-state index in [4.69, 9.17) is 5.73 Å². The minimum absolute atomic E-state index is 0.0383. The van der Waals surface area contributed by atoms with Crippen LogP contribution in [-0.2, 0) is 24.1 Å². The Morgan fingerprint density at radius 1 is 1.33 bits per heavy atom. The number of primary amides is 1. The Balaban J connectivity index is 2.23. The third-order valence-corrected chi connectivity index (χ3v) is 3.00. The van der Waals surface area contributed by atoms with E-state index in [9.17, 15) is 22.8 Å². The van der Waals surface area contributed by atoms with Crippen LogP contribution < -0.4 is 5.73 Å². The topological polar surface area (TPSA) is 100 Å². The van der Waals surface area contributed by atoms with Gasteiger partial charge in [-0.25, -0.2) is 9.78 Å². The minimum atomic E-state index is -4.63. The predicted octanol–water partition coefficient (Wildman–Crippen LogP) is 2.14. The summed E-state index contributed by atoms with van der Waals surface area (Å²) in [6.45, 7) is 1.10. The minimum Gasteiger partial charge on any atom is -0.445 e. The van der Waals surface area contributed by atoms with Crippen LogP contribution in [0.5, 0.6) is 0 Å². The fraction of sp³-hybridized carbons (Fsp3) is 0.286. The number of pyridine rings is 1. The molecule has 0 fully saturated rings. The Morgan fingerprint density at radius 2 is 2.04 bits per heavy atom. The average Bonchev–Trinajstić information content (AvgIpc) is 2.91. The Morgan fingerprint density at radius 3 is 2.62 bits per heavy atom.